The van der Waals surface area contributed by atoms with E-state index in [9.17, 15) is 0 Å². The molecule has 0 heterocycles. The van der Waals surface area contributed by atoms with Gasteiger partial charge in [0.15, 0.2) is 0 Å². The van der Waals surface area contributed by atoms with Crippen LogP contribution in [0.5, 0.6) is 5.75 Å². The molecule has 1 atom stereocenters. The van der Waals surface area contributed by atoms with Crippen molar-refractivity contribution in [3.05, 3.63) is 54.1 Å². The topological polar surface area (TPSA) is 21.3 Å². The van der Waals surface area contributed by atoms with Crippen molar-refractivity contribution in [1.82, 2.24) is 5.32 Å². The summed E-state index contributed by atoms with van der Waals surface area (Å²) in [6.07, 6.45) is 1.09. The summed E-state index contributed by atoms with van der Waals surface area (Å²) >= 11 is 0. The Bertz CT molecular complexity index is 529. The van der Waals surface area contributed by atoms with Gasteiger partial charge in [-0.2, -0.15) is 0 Å². The van der Waals surface area contributed by atoms with Crippen molar-refractivity contribution in [2.45, 2.75) is 26.3 Å². The highest BCUT2D eigenvalue weighted by Gasteiger charge is 2.06. The Morgan fingerprint density at radius 2 is 1.75 bits per heavy atom. The quantitative estimate of drug-likeness (QED) is 0.838. The molecule has 1 N–H and O–H groups in total. The number of ether oxygens (including phenoxy) is 1. The van der Waals surface area contributed by atoms with Gasteiger partial charge < -0.3 is 10.1 Å². The second kappa shape index (κ2) is 7.11. The molecule has 0 saturated heterocycles. The highest BCUT2D eigenvalue weighted by atomic mass is 16.5. The highest BCUT2D eigenvalue weighted by molar-refractivity contribution is 5.65. The molecule has 2 heteroatoms. The summed E-state index contributed by atoms with van der Waals surface area (Å²) in [5, 5.41) is 3.33. The van der Waals surface area contributed by atoms with E-state index in [4.69, 9.17) is 4.74 Å². The van der Waals surface area contributed by atoms with Gasteiger partial charge in [0.1, 0.15) is 5.75 Å². The number of benzene rings is 2. The van der Waals surface area contributed by atoms with E-state index in [1.54, 1.807) is 0 Å². The van der Waals surface area contributed by atoms with E-state index in [-0.39, 0.29) is 0 Å². The fraction of sp³-hybridized carbons (Fsp3) is 0.333. The van der Waals surface area contributed by atoms with Crippen LogP contribution in [-0.4, -0.2) is 13.7 Å². The maximum Gasteiger partial charge on any atom is 0.119 e. The molecule has 2 rings (SSSR count). The zero-order chi connectivity index (χ0) is 14.4. The van der Waals surface area contributed by atoms with Crippen molar-refractivity contribution in [3.8, 4) is 16.9 Å². The van der Waals surface area contributed by atoms with Gasteiger partial charge in [0.25, 0.3) is 0 Å². The lowest BCUT2D eigenvalue weighted by Crippen LogP contribution is -2.14. The number of nitrogens with one attached hydrogen (secondary N) is 1. The van der Waals surface area contributed by atoms with Crippen LogP contribution in [0.4, 0.5) is 0 Å². The minimum absolute atomic E-state index is 0.429. The first-order chi connectivity index (χ1) is 9.78. The average Bonchev–Trinajstić information content (AvgIpc) is 2.50. The molecule has 2 aromatic rings. The van der Waals surface area contributed by atoms with Gasteiger partial charge in [0, 0.05) is 6.04 Å². The van der Waals surface area contributed by atoms with Crippen molar-refractivity contribution >= 4 is 0 Å². The summed E-state index contributed by atoms with van der Waals surface area (Å²) in [5.41, 5.74) is 3.75. The summed E-state index contributed by atoms with van der Waals surface area (Å²) in [4.78, 5) is 0. The molecule has 0 spiro atoms. The summed E-state index contributed by atoms with van der Waals surface area (Å²) in [6.45, 7) is 4.90. The van der Waals surface area contributed by atoms with Gasteiger partial charge in [-0.05, 0) is 49.2 Å². The van der Waals surface area contributed by atoms with E-state index in [2.05, 4.69) is 48.6 Å². The van der Waals surface area contributed by atoms with Crippen molar-refractivity contribution < 1.29 is 4.74 Å². The van der Waals surface area contributed by atoms with Gasteiger partial charge in [0.05, 0.1) is 6.61 Å². The Morgan fingerprint density at radius 1 is 1.00 bits per heavy atom. The summed E-state index contributed by atoms with van der Waals surface area (Å²) in [7, 11) is 2.01. The molecule has 2 nitrogen and oxygen atoms in total. The van der Waals surface area contributed by atoms with Crippen LogP contribution in [0.25, 0.3) is 11.1 Å². The van der Waals surface area contributed by atoms with Crippen LogP contribution in [0, 0.1) is 0 Å². The van der Waals surface area contributed by atoms with Crippen molar-refractivity contribution in [2.75, 3.05) is 13.7 Å². The van der Waals surface area contributed by atoms with Crippen LogP contribution in [0.15, 0.2) is 48.5 Å². The number of hydrogen-bond acceptors (Lipinski definition) is 2. The van der Waals surface area contributed by atoms with Crippen LogP contribution in [0.3, 0.4) is 0 Å². The van der Waals surface area contributed by atoms with Crippen molar-refractivity contribution in [1.29, 1.82) is 0 Å². The average molecular weight is 269 g/mol. The van der Waals surface area contributed by atoms with Crippen molar-refractivity contribution in [3.63, 3.8) is 0 Å². The molecule has 0 fully saturated rings. The molecule has 0 bridgehead atoms. The normalized spacial score (nSPS) is 12.2. The Kier molecular flexibility index (Phi) is 5.19. The van der Waals surface area contributed by atoms with Gasteiger partial charge >= 0.3 is 0 Å². The van der Waals surface area contributed by atoms with E-state index in [0.29, 0.717) is 12.6 Å². The SMILES string of the molecule is CCOc1cccc(-c2ccc(C(CC)NC)cc2)c1. The largest absolute Gasteiger partial charge is 0.494 e. The maximum atomic E-state index is 5.55. The van der Waals surface area contributed by atoms with Crippen LogP contribution < -0.4 is 10.1 Å². The summed E-state index contributed by atoms with van der Waals surface area (Å²) in [6, 6.07) is 17.4. The molecule has 20 heavy (non-hydrogen) atoms. The van der Waals surface area contributed by atoms with Gasteiger partial charge in [-0.25, -0.2) is 0 Å². The van der Waals surface area contributed by atoms with Crippen LogP contribution in [0.2, 0.25) is 0 Å². The number of hydrogen-bond donors (Lipinski definition) is 1. The Morgan fingerprint density at radius 3 is 2.35 bits per heavy atom. The molecule has 0 radical (unpaired) electrons. The fourth-order valence-corrected chi connectivity index (χ4v) is 2.45. The van der Waals surface area contributed by atoms with Crippen LogP contribution in [-0.2, 0) is 0 Å². The van der Waals surface area contributed by atoms with Crippen LogP contribution >= 0.6 is 0 Å². The lowest BCUT2D eigenvalue weighted by atomic mass is 9.99. The second-order valence-electron chi connectivity index (χ2n) is 4.83. The third-order valence-corrected chi connectivity index (χ3v) is 3.55. The predicted molar refractivity (Wildman–Crippen MR) is 85.1 cm³/mol. The predicted octanol–water partition coefficient (Wildman–Crippen LogP) is 4.42. The molecular formula is C18H23NO. The first-order valence-corrected chi connectivity index (χ1v) is 7.29. The molecule has 2 aromatic carbocycles. The van der Waals surface area contributed by atoms with E-state index in [1.165, 1.54) is 16.7 Å². The molecule has 0 aliphatic heterocycles. The molecular weight excluding hydrogens is 246 g/mol. The van der Waals surface area contributed by atoms with Crippen molar-refractivity contribution in [2.24, 2.45) is 0 Å². The van der Waals surface area contributed by atoms with Gasteiger partial charge in [-0.15, -0.1) is 0 Å². The molecule has 0 amide bonds. The standard InChI is InChI=1S/C18H23NO/c1-4-18(19-3)15-11-9-14(10-12-15)16-7-6-8-17(13-16)20-5-2/h6-13,18-19H,4-5H2,1-3H3. The monoisotopic (exact) mass is 269 g/mol. The third kappa shape index (κ3) is 3.40. The zero-order valence-electron chi connectivity index (χ0n) is 12.5. The molecule has 0 aromatic heterocycles. The first kappa shape index (κ1) is 14.6. The zero-order valence-corrected chi connectivity index (χ0v) is 12.5. The Balaban J connectivity index is 2.23. The molecule has 0 saturated carbocycles. The van der Waals surface area contributed by atoms with Crippen LogP contribution in [0.1, 0.15) is 31.9 Å². The molecule has 0 aliphatic carbocycles. The molecule has 0 aliphatic rings. The third-order valence-electron chi connectivity index (χ3n) is 3.55. The van der Waals surface area contributed by atoms with E-state index < -0.39 is 0 Å². The number of rotatable bonds is 6. The minimum atomic E-state index is 0.429. The second-order valence-corrected chi connectivity index (χ2v) is 4.83. The fourth-order valence-electron chi connectivity index (χ4n) is 2.45. The lowest BCUT2D eigenvalue weighted by Gasteiger charge is -2.14. The lowest BCUT2D eigenvalue weighted by molar-refractivity contribution is 0.340. The highest BCUT2D eigenvalue weighted by Crippen LogP contribution is 2.26. The first-order valence-electron chi connectivity index (χ1n) is 7.29. The molecule has 106 valence electrons. The summed E-state index contributed by atoms with van der Waals surface area (Å²) < 4.78 is 5.55. The van der Waals surface area contributed by atoms with Gasteiger partial charge in [-0.3, -0.25) is 0 Å². The minimum Gasteiger partial charge on any atom is -0.494 e. The van der Waals surface area contributed by atoms with E-state index >= 15 is 0 Å². The van der Waals surface area contributed by atoms with E-state index in [1.807, 2.05) is 26.1 Å². The Labute approximate surface area is 121 Å². The van der Waals surface area contributed by atoms with Gasteiger partial charge in [-0.1, -0.05) is 43.3 Å². The Hall–Kier alpha value is -1.80. The molecule has 1 unspecified atom stereocenters. The maximum absolute atomic E-state index is 5.55. The van der Waals surface area contributed by atoms with E-state index in [0.717, 1.165) is 12.2 Å². The summed E-state index contributed by atoms with van der Waals surface area (Å²) in [5.74, 6) is 0.927. The van der Waals surface area contributed by atoms with Gasteiger partial charge in [0.2, 0.25) is 0 Å². The smallest absolute Gasteiger partial charge is 0.119 e.